The van der Waals surface area contributed by atoms with E-state index in [0.29, 0.717) is 0 Å². The molecule has 2 aromatic carbocycles. The second-order valence-electron chi connectivity index (χ2n) is 6.46. The van der Waals surface area contributed by atoms with Gasteiger partial charge in [-0.2, -0.15) is 0 Å². The molecule has 1 unspecified atom stereocenters. The molecule has 122 valence electrons. The number of rotatable bonds is 3. The number of hydrogen-bond donors (Lipinski definition) is 2. The number of carbonyl (C=O) groups excluding carboxylic acids is 2. The Hall–Kier alpha value is -2.01. The van der Waals surface area contributed by atoms with E-state index in [-0.39, 0.29) is 16.7 Å². The molecule has 0 aliphatic heterocycles. The SMILES string of the molecule is CC(Sc1ccc2ccccc2c1)C(=O)NC(=O)NC(C)(C)C. The zero-order chi connectivity index (χ0) is 17.0. The minimum atomic E-state index is -0.464. The minimum Gasteiger partial charge on any atom is -0.333 e. The van der Waals surface area contributed by atoms with E-state index in [9.17, 15) is 9.59 Å². The van der Waals surface area contributed by atoms with E-state index < -0.39 is 6.03 Å². The van der Waals surface area contributed by atoms with Gasteiger partial charge in [-0.05, 0) is 50.6 Å². The molecule has 0 saturated heterocycles. The number of amides is 3. The summed E-state index contributed by atoms with van der Waals surface area (Å²) in [6, 6.07) is 13.7. The number of carbonyl (C=O) groups is 2. The molecule has 3 amide bonds. The van der Waals surface area contributed by atoms with Gasteiger partial charge in [0.2, 0.25) is 5.91 Å². The van der Waals surface area contributed by atoms with Gasteiger partial charge in [0.15, 0.2) is 0 Å². The van der Waals surface area contributed by atoms with E-state index in [1.165, 1.54) is 17.1 Å². The Morgan fingerprint density at radius 3 is 2.35 bits per heavy atom. The predicted molar refractivity (Wildman–Crippen MR) is 95.7 cm³/mol. The molecule has 0 aliphatic rings. The van der Waals surface area contributed by atoms with Crippen LogP contribution in [0.1, 0.15) is 27.7 Å². The highest BCUT2D eigenvalue weighted by Gasteiger charge is 2.20. The van der Waals surface area contributed by atoms with Crippen LogP contribution in [0.2, 0.25) is 0 Å². The lowest BCUT2D eigenvalue weighted by Crippen LogP contribution is -2.49. The first-order chi connectivity index (χ1) is 10.7. The number of imide groups is 1. The molecule has 0 heterocycles. The van der Waals surface area contributed by atoms with Crippen molar-refractivity contribution in [3.8, 4) is 0 Å². The quantitative estimate of drug-likeness (QED) is 0.838. The van der Waals surface area contributed by atoms with Gasteiger partial charge in [0.05, 0.1) is 5.25 Å². The van der Waals surface area contributed by atoms with Crippen molar-refractivity contribution in [2.75, 3.05) is 0 Å². The number of urea groups is 1. The topological polar surface area (TPSA) is 58.2 Å². The summed E-state index contributed by atoms with van der Waals surface area (Å²) in [5, 5.41) is 7.04. The third kappa shape index (κ3) is 5.28. The monoisotopic (exact) mass is 330 g/mol. The molecule has 2 N–H and O–H groups in total. The maximum absolute atomic E-state index is 12.1. The van der Waals surface area contributed by atoms with Crippen LogP contribution in [0.3, 0.4) is 0 Å². The fraction of sp³-hybridized carbons (Fsp3) is 0.333. The molecule has 0 bridgehead atoms. The zero-order valence-corrected chi connectivity index (χ0v) is 14.7. The molecular weight excluding hydrogens is 308 g/mol. The van der Waals surface area contributed by atoms with Crippen LogP contribution < -0.4 is 10.6 Å². The normalized spacial score (nSPS) is 12.7. The summed E-state index contributed by atoms with van der Waals surface area (Å²) in [6.07, 6.45) is 0. The summed E-state index contributed by atoms with van der Waals surface area (Å²) in [5.41, 5.74) is -0.376. The highest BCUT2D eigenvalue weighted by molar-refractivity contribution is 8.00. The molecule has 0 aliphatic carbocycles. The van der Waals surface area contributed by atoms with Gasteiger partial charge in [-0.15, -0.1) is 11.8 Å². The van der Waals surface area contributed by atoms with Gasteiger partial charge in [-0.3, -0.25) is 10.1 Å². The molecule has 2 rings (SSSR count). The standard InChI is InChI=1S/C18H22N2O2S/c1-12(16(21)19-17(22)20-18(2,3)4)23-15-10-9-13-7-5-6-8-14(13)11-15/h5-12H,1-4H3,(H2,19,20,21,22). The van der Waals surface area contributed by atoms with Gasteiger partial charge in [0.1, 0.15) is 0 Å². The molecule has 4 nitrogen and oxygen atoms in total. The lowest BCUT2D eigenvalue weighted by atomic mass is 10.1. The van der Waals surface area contributed by atoms with Crippen molar-refractivity contribution in [2.45, 2.75) is 43.4 Å². The van der Waals surface area contributed by atoms with Crippen LogP contribution in [0.5, 0.6) is 0 Å². The first-order valence-electron chi connectivity index (χ1n) is 7.53. The summed E-state index contributed by atoms with van der Waals surface area (Å²) in [6.45, 7) is 7.39. The maximum atomic E-state index is 12.1. The van der Waals surface area contributed by atoms with Crippen LogP contribution in [0.25, 0.3) is 10.8 Å². The van der Waals surface area contributed by atoms with Gasteiger partial charge in [-0.1, -0.05) is 30.3 Å². The number of thioether (sulfide) groups is 1. The van der Waals surface area contributed by atoms with Gasteiger partial charge in [0, 0.05) is 10.4 Å². The summed E-state index contributed by atoms with van der Waals surface area (Å²) in [5.74, 6) is -0.301. The third-order valence-electron chi connectivity index (χ3n) is 3.13. The van der Waals surface area contributed by atoms with E-state index in [1.54, 1.807) is 6.92 Å². The predicted octanol–water partition coefficient (Wildman–Crippen LogP) is 3.94. The van der Waals surface area contributed by atoms with E-state index in [1.807, 2.05) is 51.1 Å². The Labute approximate surface area is 141 Å². The zero-order valence-electron chi connectivity index (χ0n) is 13.8. The van der Waals surface area contributed by atoms with Crippen molar-refractivity contribution >= 4 is 34.5 Å². The molecule has 2 aromatic rings. The Morgan fingerprint density at radius 2 is 1.70 bits per heavy atom. The number of hydrogen-bond acceptors (Lipinski definition) is 3. The van der Waals surface area contributed by atoms with Crippen molar-refractivity contribution in [1.29, 1.82) is 0 Å². The second kappa shape index (κ2) is 7.04. The first kappa shape index (κ1) is 17.3. The van der Waals surface area contributed by atoms with E-state index in [2.05, 4.69) is 22.8 Å². The Kier molecular flexibility index (Phi) is 5.31. The Morgan fingerprint density at radius 1 is 1.04 bits per heavy atom. The lowest BCUT2D eigenvalue weighted by molar-refractivity contribution is -0.119. The number of nitrogens with one attached hydrogen (secondary N) is 2. The summed E-state index contributed by atoms with van der Waals surface area (Å²) in [7, 11) is 0. The van der Waals surface area contributed by atoms with Crippen molar-refractivity contribution in [3.05, 3.63) is 42.5 Å². The van der Waals surface area contributed by atoms with Gasteiger partial charge in [-0.25, -0.2) is 4.79 Å². The molecule has 0 spiro atoms. The smallest absolute Gasteiger partial charge is 0.321 e. The maximum Gasteiger partial charge on any atom is 0.321 e. The molecule has 1 atom stereocenters. The molecular formula is C18H22N2O2S. The first-order valence-corrected chi connectivity index (χ1v) is 8.41. The average molecular weight is 330 g/mol. The van der Waals surface area contributed by atoms with E-state index in [4.69, 9.17) is 0 Å². The third-order valence-corrected chi connectivity index (χ3v) is 4.22. The van der Waals surface area contributed by atoms with Crippen LogP contribution >= 0.6 is 11.8 Å². The second-order valence-corrected chi connectivity index (χ2v) is 7.88. The van der Waals surface area contributed by atoms with Crippen LogP contribution in [-0.4, -0.2) is 22.7 Å². The van der Waals surface area contributed by atoms with Crippen LogP contribution in [-0.2, 0) is 4.79 Å². The molecule has 0 aromatic heterocycles. The van der Waals surface area contributed by atoms with Crippen molar-refractivity contribution in [1.82, 2.24) is 10.6 Å². The van der Waals surface area contributed by atoms with E-state index >= 15 is 0 Å². The molecule has 0 fully saturated rings. The summed E-state index contributed by atoms with van der Waals surface area (Å²) < 4.78 is 0. The molecule has 5 heteroatoms. The van der Waals surface area contributed by atoms with Gasteiger partial charge >= 0.3 is 6.03 Å². The fourth-order valence-corrected chi connectivity index (χ4v) is 3.00. The number of fused-ring (bicyclic) bond motifs is 1. The average Bonchev–Trinajstić information content (AvgIpc) is 2.45. The number of benzene rings is 2. The Bertz CT molecular complexity index is 722. The van der Waals surface area contributed by atoms with Crippen molar-refractivity contribution in [3.63, 3.8) is 0 Å². The van der Waals surface area contributed by atoms with Gasteiger partial charge in [0.25, 0.3) is 0 Å². The van der Waals surface area contributed by atoms with Crippen molar-refractivity contribution in [2.24, 2.45) is 0 Å². The lowest BCUT2D eigenvalue weighted by Gasteiger charge is -2.21. The summed E-state index contributed by atoms with van der Waals surface area (Å²) in [4.78, 5) is 24.9. The summed E-state index contributed by atoms with van der Waals surface area (Å²) >= 11 is 1.43. The van der Waals surface area contributed by atoms with E-state index in [0.717, 1.165) is 10.3 Å². The minimum absolute atomic E-state index is 0.301. The highest BCUT2D eigenvalue weighted by atomic mass is 32.2. The van der Waals surface area contributed by atoms with Crippen LogP contribution in [0.15, 0.2) is 47.4 Å². The van der Waals surface area contributed by atoms with Crippen LogP contribution in [0.4, 0.5) is 4.79 Å². The largest absolute Gasteiger partial charge is 0.333 e. The van der Waals surface area contributed by atoms with Gasteiger partial charge < -0.3 is 5.32 Å². The molecule has 0 saturated carbocycles. The Balaban J connectivity index is 1.98. The van der Waals surface area contributed by atoms with Crippen LogP contribution in [0, 0.1) is 0 Å². The highest BCUT2D eigenvalue weighted by Crippen LogP contribution is 2.27. The van der Waals surface area contributed by atoms with Crippen molar-refractivity contribution < 1.29 is 9.59 Å². The molecule has 23 heavy (non-hydrogen) atoms. The fourth-order valence-electron chi connectivity index (χ4n) is 2.08. The molecule has 0 radical (unpaired) electrons.